The molecule has 18 heavy (non-hydrogen) atoms. The van der Waals surface area contributed by atoms with Crippen molar-refractivity contribution in [1.29, 1.82) is 0 Å². The van der Waals surface area contributed by atoms with E-state index in [-0.39, 0.29) is 18.4 Å². The Morgan fingerprint density at radius 3 is 3.06 bits per heavy atom. The van der Waals surface area contributed by atoms with Crippen LogP contribution in [0.3, 0.4) is 0 Å². The molecule has 0 aliphatic carbocycles. The van der Waals surface area contributed by atoms with Crippen LogP contribution in [0, 0.1) is 0 Å². The van der Waals surface area contributed by atoms with Crippen LogP contribution >= 0.6 is 0 Å². The average Bonchev–Trinajstić information content (AvgIpc) is 2.85. The molecule has 1 aliphatic heterocycles. The quantitative estimate of drug-likeness (QED) is 0.761. The number of carbonyl (C=O) groups excluding carboxylic acids is 2. The highest BCUT2D eigenvalue weighted by Crippen LogP contribution is 2.20. The summed E-state index contributed by atoms with van der Waals surface area (Å²) < 4.78 is 6.50. The number of methoxy groups -OCH3 is 1. The Morgan fingerprint density at radius 1 is 1.61 bits per heavy atom. The molecule has 1 aromatic rings. The van der Waals surface area contributed by atoms with Gasteiger partial charge in [-0.2, -0.15) is 5.10 Å². The number of likely N-dealkylation sites (N-methyl/N-ethyl adjacent to an activating group) is 1. The SMILES string of the molecule is CNC(=O)C1CN(C(=O)COC)Cc2ccnn21. The Balaban J connectivity index is 2.22. The Bertz CT molecular complexity index is 457. The highest BCUT2D eigenvalue weighted by molar-refractivity contribution is 5.82. The first-order valence-corrected chi connectivity index (χ1v) is 5.68. The monoisotopic (exact) mass is 252 g/mol. The fourth-order valence-corrected chi connectivity index (χ4v) is 2.06. The zero-order valence-corrected chi connectivity index (χ0v) is 10.4. The van der Waals surface area contributed by atoms with Crippen LogP contribution in [0.1, 0.15) is 11.7 Å². The summed E-state index contributed by atoms with van der Waals surface area (Å²) in [5, 5.41) is 6.72. The smallest absolute Gasteiger partial charge is 0.248 e. The Hall–Kier alpha value is -1.89. The highest BCUT2D eigenvalue weighted by Gasteiger charge is 2.32. The summed E-state index contributed by atoms with van der Waals surface area (Å²) in [5.41, 5.74) is 0.847. The lowest BCUT2D eigenvalue weighted by Crippen LogP contribution is -2.47. The molecule has 2 rings (SSSR count). The van der Waals surface area contributed by atoms with Crippen LogP contribution in [-0.4, -0.2) is 53.8 Å². The number of aromatic nitrogens is 2. The summed E-state index contributed by atoms with van der Waals surface area (Å²) in [7, 11) is 3.05. The molecule has 1 atom stereocenters. The Labute approximate surface area is 105 Å². The summed E-state index contributed by atoms with van der Waals surface area (Å²) in [5.74, 6) is -0.284. The van der Waals surface area contributed by atoms with E-state index in [1.54, 1.807) is 22.8 Å². The van der Waals surface area contributed by atoms with Crippen LogP contribution in [0.5, 0.6) is 0 Å². The van der Waals surface area contributed by atoms with Crippen molar-refractivity contribution >= 4 is 11.8 Å². The lowest BCUT2D eigenvalue weighted by Gasteiger charge is -2.32. The second kappa shape index (κ2) is 5.18. The maximum absolute atomic E-state index is 11.8. The van der Waals surface area contributed by atoms with Crippen LogP contribution in [0.25, 0.3) is 0 Å². The lowest BCUT2D eigenvalue weighted by molar-refractivity contribution is -0.138. The number of nitrogens with one attached hydrogen (secondary N) is 1. The first kappa shape index (κ1) is 12.6. The minimum absolute atomic E-state index is 0.0224. The van der Waals surface area contributed by atoms with Gasteiger partial charge in [0.1, 0.15) is 12.6 Å². The van der Waals surface area contributed by atoms with Crippen molar-refractivity contribution in [2.45, 2.75) is 12.6 Å². The van der Waals surface area contributed by atoms with Crippen LogP contribution < -0.4 is 5.32 Å². The minimum atomic E-state index is -0.477. The molecular weight excluding hydrogens is 236 g/mol. The van der Waals surface area contributed by atoms with Gasteiger partial charge >= 0.3 is 0 Å². The topological polar surface area (TPSA) is 76.5 Å². The zero-order valence-electron chi connectivity index (χ0n) is 10.4. The molecule has 0 bridgehead atoms. The van der Waals surface area contributed by atoms with E-state index in [0.717, 1.165) is 5.69 Å². The van der Waals surface area contributed by atoms with E-state index in [4.69, 9.17) is 4.74 Å². The van der Waals surface area contributed by atoms with Gasteiger partial charge < -0.3 is 15.0 Å². The predicted molar refractivity (Wildman–Crippen MR) is 62.6 cm³/mol. The average molecular weight is 252 g/mol. The number of hydrogen-bond acceptors (Lipinski definition) is 4. The maximum Gasteiger partial charge on any atom is 0.248 e. The second-order valence-electron chi connectivity index (χ2n) is 4.10. The normalized spacial score (nSPS) is 18.3. The van der Waals surface area contributed by atoms with Crippen molar-refractivity contribution in [2.24, 2.45) is 0 Å². The van der Waals surface area contributed by atoms with E-state index < -0.39 is 6.04 Å². The molecule has 7 nitrogen and oxygen atoms in total. The van der Waals surface area contributed by atoms with Crippen molar-refractivity contribution in [3.63, 3.8) is 0 Å². The molecule has 2 amide bonds. The molecule has 1 N–H and O–H groups in total. The molecule has 0 aromatic carbocycles. The van der Waals surface area contributed by atoms with E-state index in [9.17, 15) is 9.59 Å². The summed E-state index contributed by atoms with van der Waals surface area (Å²) in [6.45, 7) is 0.792. The van der Waals surface area contributed by atoms with Crippen LogP contribution in [0.4, 0.5) is 0 Å². The van der Waals surface area contributed by atoms with Crippen molar-refractivity contribution in [2.75, 3.05) is 27.3 Å². The van der Waals surface area contributed by atoms with Gasteiger partial charge in [-0.3, -0.25) is 14.3 Å². The minimum Gasteiger partial charge on any atom is -0.375 e. The summed E-state index contributed by atoms with van der Waals surface area (Å²) in [6.07, 6.45) is 1.63. The molecule has 1 aromatic heterocycles. The number of hydrogen-bond donors (Lipinski definition) is 1. The first-order valence-electron chi connectivity index (χ1n) is 5.68. The molecule has 7 heteroatoms. The van der Waals surface area contributed by atoms with Gasteiger partial charge in [-0.1, -0.05) is 0 Å². The van der Waals surface area contributed by atoms with Crippen molar-refractivity contribution in [3.05, 3.63) is 18.0 Å². The maximum atomic E-state index is 11.8. The molecule has 0 saturated carbocycles. The number of fused-ring (bicyclic) bond motifs is 1. The van der Waals surface area contributed by atoms with Gasteiger partial charge in [-0.25, -0.2) is 0 Å². The second-order valence-corrected chi connectivity index (χ2v) is 4.10. The fraction of sp³-hybridized carbons (Fsp3) is 0.545. The van der Waals surface area contributed by atoms with Gasteiger partial charge in [-0.05, 0) is 6.07 Å². The standard InChI is InChI=1S/C11H16N4O3/c1-12-11(17)9-6-14(10(16)7-18-2)5-8-3-4-13-15(8)9/h3-4,9H,5-7H2,1-2H3,(H,12,17). The molecule has 2 heterocycles. The largest absolute Gasteiger partial charge is 0.375 e. The van der Waals surface area contributed by atoms with Gasteiger partial charge in [0.15, 0.2) is 0 Å². The highest BCUT2D eigenvalue weighted by atomic mass is 16.5. The van der Waals surface area contributed by atoms with Crippen molar-refractivity contribution < 1.29 is 14.3 Å². The van der Waals surface area contributed by atoms with Gasteiger partial charge in [0.05, 0.1) is 18.8 Å². The predicted octanol–water partition coefficient (Wildman–Crippen LogP) is -0.841. The lowest BCUT2D eigenvalue weighted by atomic mass is 10.1. The number of amides is 2. The Morgan fingerprint density at radius 2 is 2.39 bits per heavy atom. The summed E-state index contributed by atoms with van der Waals surface area (Å²) in [6, 6.07) is 1.33. The summed E-state index contributed by atoms with van der Waals surface area (Å²) in [4.78, 5) is 25.2. The van der Waals surface area contributed by atoms with Crippen molar-refractivity contribution in [3.8, 4) is 0 Å². The van der Waals surface area contributed by atoms with E-state index >= 15 is 0 Å². The first-order chi connectivity index (χ1) is 8.67. The molecule has 0 spiro atoms. The van der Waals surface area contributed by atoms with Crippen LogP contribution in [-0.2, 0) is 20.9 Å². The van der Waals surface area contributed by atoms with Crippen molar-refractivity contribution in [1.82, 2.24) is 20.0 Å². The van der Waals surface area contributed by atoms with E-state index in [1.807, 2.05) is 6.07 Å². The number of rotatable bonds is 3. The van der Waals surface area contributed by atoms with Gasteiger partial charge in [0.2, 0.25) is 11.8 Å². The van der Waals surface area contributed by atoms with Gasteiger partial charge in [0, 0.05) is 20.4 Å². The number of carbonyl (C=O) groups is 2. The summed E-state index contributed by atoms with van der Waals surface area (Å²) >= 11 is 0. The molecule has 1 unspecified atom stereocenters. The van der Waals surface area contributed by atoms with Crippen LogP contribution in [0.2, 0.25) is 0 Å². The van der Waals surface area contributed by atoms with Crippen LogP contribution in [0.15, 0.2) is 12.3 Å². The Kier molecular flexibility index (Phi) is 3.61. The number of nitrogens with zero attached hydrogens (tertiary/aromatic N) is 3. The molecule has 1 aliphatic rings. The molecule has 0 fully saturated rings. The fourth-order valence-electron chi connectivity index (χ4n) is 2.06. The van der Waals surface area contributed by atoms with Gasteiger partial charge in [0.25, 0.3) is 0 Å². The zero-order chi connectivity index (χ0) is 13.1. The molecule has 0 radical (unpaired) electrons. The molecule has 0 saturated heterocycles. The third-order valence-corrected chi connectivity index (χ3v) is 2.96. The van der Waals surface area contributed by atoms with Gasteiger partial charge in [-0.15, -0.1) is 0 Å². The molecular formula is C11H16N4O3. The number of ether oxygens (including phenoxy) is 1. The van der Waals surface area contributed by atoms with E-state index in [0.29, 0.717) is 13.1 Å². The van der Waals surface area contributed by atoms with E-state index in [1.165, 1.54) is 7.11 Å². The van der Waals surface area contributed by atoms with E-state index in [2.05, 4.69) is 10.4 Å². The molecule has 98 valence electrons. The third kappa shape index (κ3) is 2.21. The third-order valence-electron chi connectivity index (χ3n) is 2.96.